The van der Waals surface area contributed by atoms with Crippen LogP contribution in [0.25, 0.3) is 0 Å². The lowest BCUT2D eigenvalue weighted by Crippen LogP contribution is -2.15. The summed E-state index contributed by atoms with van der Waals surface area (Å²) in [7, 11) is 0. The summed E-state index contributed by atoms with van der Waals surface area (Å²) in [6.45, 7) is 6.14. The van der Waals surface area contributed by atoms with Gasteiger partial charge in [0, 0.05) is 21.3 Å². The molecule has 0 amide bonds. The molecule has 0 fully saturated rings. The molecule has 3 heteroatoms. The maximum atomic E-state index is 11.7. The number of allylic oxidation sites excluding steroid dienone is 2. The molecule has 1 aliphatic carbocycles. The number of ketones is 1. The number of Topliss-reactive ketones (excluding diaryl/α,β-unsaturated/α-hetero) is 1. The van der Waals surface area contributed by atoms with Crippen LogP contribution in [0.5, 0.6) is 0 Å². The fourth-order valence-corrected chi connectivity index (χ4v) is 3.40. The summed E-state index contributed by atoms with van der Waals surface area (Å²) in [5.41, 5.74) is 5.64. The molecule has 1 aromatic rings. The maximum absolute atomic E-state index is 11.7. The van der Waals surface area contributed by atoms with Gasteiger partial charge in [-0.25, -0.2) is 0 Å². The number of hydrogen-bond donors (Lipinski definition) is 1. The van der Waals surface area contributed by atoms with Gasteiger partial charge in [-0.1, -0.05) is 6.07 Å². The van der Waals surface area contributed by atoms with E-state index in [1.165, 1.54) is 14.7 Å². The minimum atomic E-state index is 0.281. The third-order valence-corrected chi connectivity index (χ3v) is 4.26. The van der Waals surface area contributed by atoms with Gasteiger partial charge in [-0.15, -0.1) is 0 Å². The lowest BCUT2D eigenvalue weighted by molar-refractivity contribution is -0.116. The Balaban J connectivity index is 2.35. The largest absolute Gasteiger partial charge is 0.357 e. The number of hydrogen-bond acceptors (Lipinski definition) is 2. The van der Waals surface area contributed by atoms with Crippen LogP contribution in [0.1, 0.15) is 37.3 Å². The summed E-state index contributed by atoms with van der Waals surface area (Å²) in [5, 5.41) is 3.48. The molecule has 0 saturated carbocycles. The molecular weight excluding hydrogens is 337 g/mol. The van der Waals surface area contributed by atoms with E-state index in [4.69, 9.17) is 0 Å². The van der Waals surface area contributed by atoms with Gasteiger partial charge >= 0.3 is 0 Å². The van der Waals surface area contributed by atoms with E-state index < -0.39 is 0 Å². The summed E-state index contributed by atoms with van der Waals surface area (Å²) in [6, 6.07) is 4.33. The molecule has 0 atom stereocenters. The summed E-state index contributed by atoms with van der Waals surface area (Å²) in [6.07, 6.45) is 2.63. The molecule has 1 aliphatic rings. The van der Waals surface area contributed by atoms with Gasteiger partial charge in [0.25, 0.3) is 0 Å². The van der Waals surface area contributed by atoms with E-state index in [-0.39, 0.29) is 5.78 Å². The Morgan fingerprint density at radius 3 is 2.56 bits per heavy atom. The van der Waals surface area contributed by atoms with Gasteiger partial charge < -0.3 is 5.32 Å². The highest BCUT2D eigenvalue weighted by Crippen LogP contribution is 2.29. The summed E-state index contributed by atoms with van der Waals surface area (Å²) in [5.74, 6) is 0.281. The predicted octanol–water partition coefficient (Wildman–Crippen LogP) is 4.35. The van der Waals surface area contributed by atoms with Crippen molar-refractivity contribution in [2.45, 2.75) is 40.0 Å². The SMILES string of the molecule is CC1=C(Nc2c(C)cc(C)cc2I)CCCC1=O. The molecule has 0 saturated heterocycles. The Morgan fingerprint density at radius 1 is 1.17 bits per heavy atom. The van der Waals surface area contributed by atoms with E-state index in [2.05, 4.69) is 53.9 Å². The Labute approximate surface area is 122 Å². The first-order chi connectivity index (χ1) is 8.49. The van der Waals surface area contributed by atoms with Crippen LogP contribution in [0.4, 0.5) is 5.69 Å². The van der Waals surface area contributed by atoms with Crippen molar-refractivity contribution < 1.29 is 4.79 Å². The molecule has 0 aliphatic heterocycles. The molecule has 0 spiro atoms. The van der Waals surface area contributed by atoms with Gasteiger partial charge in [-0.3, -0.25) is 4.79 Å². The summed E-state index contributed by atoms with van der Waals surface area (Å²) < 4.78 is 1.21. The van der Waals surface area contributed by atoms with Crippen molar-refractivity contribution in [1.29, 1.82) is 0 Å². The van der Waals surface area contributed by atoms with Crippen molar-refractivity contribution in [3.05, 3.63) is 38.1 Å². The van der Waals surface area contributed by atoms with Crippen molar-refractivity contribution in [1.82, 2.24) is 0 Å². The second-order valence-electron chi connectivity index (χ2n) is 4.94. The van der Waals surface area contributed by atoms with E-state index in [1.54, 1.807) is 0 Å². The normalized spacial score (nSPS) is 16.1. The van der Waals surface area contributed by atoms with Gasteiger partial charge in [0.2, 0.25) is 0 Å². The molecule has 1 aromatic carbocycles. The molecule has 0 bridgehead atoms. The van der Waals surface area contributed by atoms with Gasteiger partial charge in [0.15, 0.2) is 5.78 Å². The first-order valence-electron chi connectivity index (χ1n) is 6.25. The second-order valence-corrected chi connectivity index (χ2v) is 6.11. The first kappa shape index (κ1) is 13.6. The van der Waals surface area contributed by atoms with Crippen molar-refractivity contribution in [2.75, 3.05) is 5.32 Å². The maximum Gasteiger partial charge on any atom is 0.160 e. The van der Waals surface area contributed by atoms with Crippen LogP contribution in [0.3, 0.4) is 0 Å². The standard InChI is InChI=1S/C15H18INO/c1-9-7-10(2)15(12(16)8-9)17-13-5-4-6-14(18)11(13)3/h7-8,17H,4-6H2,1-3H3. The van der Waals surface area contributed by atoms with Crippen LogP contribution in [0, 0.1) is 17.4 Å². The fraction of sp³-hybridized carbons (Fsp3) is 0.400. The van der Waals surface area contributed by atoms with Crippen LogP contribution in [-0.4, -0.2) is 5.78 Å². The van der Waals surface area contributed by atoms with Crippen LogP contribution in [0.2, 0.25) is 0 Å². The number of anilines is 1. The van der Waals surface area contributed by atoms with E-state index >= 15 is 0 Å². The van der Waals surface area contributed by atoms with E-state index in [0.717, 1.165) is 29.8 Å². The van der Waals surface area contributed by atoms with Gasteiger partial charge in [-0.05, 0) is 73.4 Å². The number of aryl methyl sites for hydroxylation is 2. The molecule has 2 rings (SSSR count). The molecule has 18 heavy (non-hydrogen) atoms. The topological polar surface area (TPSA) is 29.1 Å². The highest BCUT2D eigenvalue weighted by molar-refractivity contribution is 14.1. The van der Waals surface area contributed by atoms with E-state index in [9.17, 15) is 4.79 Å². The molecule has 96 valence electrons. The van der Waals surface area contributed by atoms with Gasteiger partial charge in [0.1, 0.15) is 0 Å². The molecular formula is C15H18INO. The zero-order valence-electron chi connectivity index (χ0n) is 11.1. The van der Waals surface area contributed by atoms with Crippen LogP contribution < -0.4 is 5.32 Å². The summed E-state index contributed by atoms with van der Waals surface area (Å²) in [4.78, 5) is 11.7. The third-order valence-electron chi connectivity index (χ3n) is 3.41. The van der Waals surface area contributed by atoms with Crippen molar-refractivity contribution in [3.8, 4) is 0 Å². The Kier molecular flexibility index (Phi) is 4.10. The molecule has 0 radical (unpaired) electrons. The number of carbonyl (C=O) groups is 1. The third kappa shape index (κ3) is 2.76. The molecule has 0 heterocycles. The summed E-state index contributed by atoms with van der Waals surface area (Å²) >= 11 is 2.35. The monoisotopic (exact) mass is 355 g/mol. The number of carbonyl (C=O) groups excluding carboxylic acids is 1. The lowest BCUT2D eigenvalue weighted by atomic mass is 9.96. The highest BCUT2D eigenvalue weighted by Gasteiger charge is 2.17. The second kappa shape index (κ2) is 5.43. The number of benzene rings is 1. The molecule has 0 aromatic heterocycles. The van der Waals surface area contributed by atoms with Crippen LogP contribution in [-0.2, 0) is 4.79 Å². The number of nitrogens with one attached hydrogen (secondary N) is 1. The van der Waals surface area contributed by atoms with Crippen LogP contribution >= 0.6 is 22.6 Å². The first-order valence-corrected chi connectivity index (χ1v) is 7.33. The zero-order chi connectivity index (χ0) is 13.3. The number of rotatable bonds is 2. The van der Waals surface area contributed by atoms with Crippen molar-refractivity contribution in [3.63, 3.8) is 0 Å². The molecule has 1 N–H and O–H groups in total. The van der Waals surface area contributed by atoms with Gasteiger partial charge in [-0.2, -0.15) is 0 Å². The fourth-order valence-electron chi connectivity index (χ4n) is 2.35. The quantitative estimate of drug-likeness (QED) is 0.800. The molecule has 0 unspecified atom stereocenters. The molecule has 2 nitrogen and oxygen atoms in total. The minimum absolute atomic E-state index is 0.281. The number of halogens is 1. The average molecular weight is 355 g/mol. The predicted molar refractivity (Wildman–Crippen MR) is 83.8 cm³/mol. The lowest BCUT2D eigenvalue weighted by Gasteiger charge is -2.21. The highest BCUT2D eigenvalue weighted by atomic mass is 127. The van der Waals surface area contributed by atoms with Crippen LogP contribution in [0.15, 0.2) is 23.4 Å². The smallest absolute Gasteiger partial charge is 0.160 e. The Morgan fingerprint density at radius 2 is 1.89 bits per heavy atom. The van der Waals surface area contributed by atoms with Crippen molar-refractivity contribution >= 4 is 34.1 Å². The van der Waals surface area contributed by atoms with Gasteiger partial charge in [0.05, 0.1) is 5.69 Å². The van der Waals surface area contributed by atoms with E-state index in [0.29, 0.717) is 6.42 Å². The van der Waals surface area contributed by atoms with Crippen molar-refractivity contribution in [2.24, 2.45) is 0 Å². The van der Waals surface area contributed by atoms with E-state index in [1.807, 2.05) is 6.92 Å². The average Bonchev–Trinajstić information content (AvgIpc) is 2.28. The minimum Gasteiger partial charge on any atom is -0.357 e. The Hall–Kier alpha value is -0.840. The Bertz CT molecular complexity index is 508. The zero-order valence-corrected chi connectivity index (χ0v) is 13.2.